The van der Waals surface area contributed by atoms with E-state index in [0.717, 1.165) is 4.90 Å². The van der Waals surface area contributed by atoms with Crippen molar-refractivity contribution in [2.75, 3.05) is 16.8 Å². The third-order valence-electron chi connectivity index (χ3n) is 1.81. The van der Waals surface area contributed by atoms with Crippen LogP contribution in [-0.2, 0) is 4.79 Å². The van der Waals surface area contributed by atoms with E-state index < -0.39 is 0 Å². The number of carbonyl (C=O) groups is 1. The van der Waals surface area contributed by atoms with Crippen molar-refractivity contribution < 1.29 is 4.79 Å². The first-order valence-electron chi connectivity index (χ1n) is 4.78. The fourth-order valence-electron chi connectivity index (χ4n) is 1.07. The lowest BCUT2D eigenvalue weighted by molar-refractivity contribution is -0.113. The zero-order valence-corrected chi connectivity index (χ0v) is 10.4. The number of nitrogens with zero attached hydrogens (tertiary/aromatic N) is 2. The Kier molecular flexibility index (Phi) is 3.94. The first-order chi connectivity index (χ1) is 8.24. The van der Waals surface area contributed by atoms with Gasteiger partial charge in [-0.3, -0.25) is 4.79 Å². The van der Waals surface area contributed by atoms with E-state index in [4.69, 9.17) is 5.73 Å². The van der Waals surface area contributed by atoms with Crippen molar-refractivity contribution in [3.8, 4) is 0 Å². The van der Waals surface area contributed by atoms with E-state index in [0.29, 0.717) is 16.7 Å². The maximum absolute atomic E-state index is 11.5. The molecule has 0 aliphatic carbocycles. The van der Waals surface area contributed by atoms with Crippen molar-refractivity contribution in [3.63, 3.8) is 0 Å². The molecule has 7 heteroatoms. The van der Waals surface area contributed by atoms with Gasteiger partial charge in [-0.05, 0) is 12.1 Å². The van der Waals surface area contributed by atoms with Crippen LogP contribution >= 0.6 is 23.1 Å². The number of thioether (sulfide) groups is 1. The third-order valence-corrected chi connectivity index (χ3v) is 3.48. The first-order valence-corrected chi connectivity index (χ1v) is 6.64. The summed E-state index contributed by atoms with van der Waals surface area (Å²) >= 11 is 2.80. The molecular weight excluding hydrogens is 256 g/mol. The van der Waals surface area contributed by atoms with E-state index in [1.54, 1.807) is 18.5 Å². The molecule has 88 valence electrons. The van der Waals surface area contributed by atoms with Gasteiger partial charge in [0.1, 0.15) is 5.82 Å². The van der Waals surface area contributed by atoms with Crippen LogP contribution in [-0.4, -0.2) is 21.6 Å². The second-order valence-corrected chi connectivity index (χ2v) is 5.04. The Balaban J connectivity index is 1.82. The molecule has 2 aromatic rings. The number of nitrogens with two attached hydrogens (primary N) is 1. The summed E-state index contributed by atoms with van der Waals surface area (Å²) in [5.41, 5.74) is 5.47. The summed E-state index contributed by atoms with van der Waals surface area (Å²) in [6.07, 6.45) is 3.30. The normalized spacial score (nSPS) is 10.1. The molecule has 3 N–H and O–H groups in total. The lowest BCUT2D eigenvalue weighted by atomic mass is 10.5. The number of anilines is 2. The number of aromatic nitrogens is 2. The predicted molar refractivity (Wildman–Crippen MR) is 70.1 cm³/mol. The number of hydrogen-bond donors (Lipinski definition) is 2. The molecule has 0 aliphatic rings. The summed E-state index contributed by atoms with van der Waals surface area (Å²) in [4.78, 5) is 20.4. The van der Waals surface area contributed by atoms with Crippen molar-refractivity contribution in [3.05, 3.63) is 29.9 Å². The molecule has 0 aliphatic heterocycles. The standard InChI is InChI=1S/C10H10N4OS2/c11-8-2-1-7(5-13-8)17-6-9(15)14-10-12-3-4-16-10/h1-5H,6H2,(H2,11,13)(H,12,14,15). The Hall–Kier alpha value is -1.60. The summed E-state index contributed by atoms with van der Waals surface area (Å²) in [6.45, 7) is 0. The molecule has 0 spiro atoms. The monoisotopic (exact) mass is 266 g/mol. The minimum absolute atomic E-state index is 0.0817. The first kappa shape index (κ1) is 11.9. The summed E-state index contributed by atoms with van der Waals surface area (Å²) in [5.74, 6) is 0.717. The highest BCUT2D eigenvalue weighted by Gasteiger charge is 2.05. The van der Waals surface area contributed by atoms with Crippen LogP contribution in [0, 0.1) is 0 Å². The van der Waals surface area contributed by atoms with E-state index in [2.05, 4.69) is 15.3 Å². The fourth-order valence-corrected chi connectivity index (χ4v) is 2.27. The highest BCUT2D eigenvalue weighted by atomic mass is 32.2. The molecule has 0 radical (unpaired) electrons. The Bertz CT molecular complexity index is 484. The van der Waals surface area contributed by atoms with Crippen LogP contribution < -0.4 is 11.1 Å². The van der Waals surface area contributed by atoms with Gasteiger partial charge in [0.15, 0.2) is 5.13 Å². The Morgan fingerprint density at radius 2 is 2.35 bits per heavy atom. The molecule has 2 heterocycles. The van der Waals surface area contributed by atoms with E-state index in [-0.39, 0.29) is 5.91 Å². The number of rotatable bonds is 4. The number of thiazole rings is 1. The second-order valence-electron chi connectivity index (χ2n) is 3.09. The van der Waals surface area contributed by atoms with E-state index in [1.807, 2.05) is 11.4 Å². The SMILES string of the molecule is Nc1ccc(SCC(=O)Nc2nccs2)cn1. The number of carbonyl (C=O) groups excluding carboxylic acids is 1. The van der Waals surface area contributed by atoms with Gasteiger partial charge in [-0.15, -0.1) is 23.1 Å². The molecule has 2 rings (SSSR count). The van der Waals surface area contributed by atoms with Gasteiger partial charge in [0, 0.05) is 22.7 Å². The third kappa shape index (κ3) is 3.72. The average Bonchev–Trinajstić information content (AvgIpc) is 2.81. The number of pyridine rings is 1. The van der Waals surface area contributed by atoms with Crippen LogP contribution in [0.4, 0.5) is 10.9 Å². The maximum atomic E-state index is 11.5. The van der Waals surface area contributed by atoms with Crippen LogP contribution in [0.2, 0.25) is 0 Å². The lowest BCUT2D eigenvalue weighted by Crippen LogP contribution is -2.13. The van der Waals surface area contributed by atoms with Gasteiger partial charge in [0.05, 0.1) is 5.75 Å². The molecule has 5 nitrogen and oxygen atoms in total. The number of amides is 1. The number of nitrogens with one attached hydrogen (secondary N) is 1. The Labute approximate surface area is 106 Å². The van der Waals surface area contributed by atoms with Crippen LogP contribution in [0.3, 0.4) is 0 Å². The Morgan fingerprint density at radius 1 is 1.47 bits per heavy atom. The molecule has 0 saturated heterocycles. The van der Waals surface area contributed by atoms with Crippen molar-refractivity contribution in [2.45, 2.75) is 4.90 Å². The van der Waals surface area contributed by atoms with Gasteiger partial charge in [-0.2, -0.15) is 0 Å². The molecule has 0 unspecified atom stereocenters. The van der Waals surface area contributed by atoms with E-state index in [9.17, 15) is 4.79 Å². The van der Waals surface area contributed by atoms with Crippen LogP contribution in [0.1, 0.15) is 0 Å². The number of nitrogen functional groups attached to an aromatic ring is 1. The van der Waals surface area contributed by atoms with Crippen LogP contribution in [0.15, 0.2) is 34.8 Å². The van der Waals surface area contributed by atoms with Crippen molar-refractivity contribution in [2.24, 2.45) is 0 Å². The van der Waals surface area contributed by atoms with Gasteiger partial charge in [-0.1, -0.05) is 0 Å². The quantitative estimate of drug-likeness (QED) is 0.825. The molecule has 17 heavy (non-hydrogen) atoms. The lowest BCUT2D eigenvalue weighted by Gasteiger charge is -2.01. The zero-order chi connectivity index (χ0) is 12.1. The molecule has 0 fully saturated rings. The van der Waals surface area contributed by atoms with Gasteiger partial charge in [0.2, 0.25) is 5.91 Å². The molecule has 0 saturated carbocycles. The highest BCUT2D eigenvalue weighted by molar-refractivity contribution is 8.00. The van der Waals surface area contributed by atoms with E-state index in [1.165, 1.54) is 23.1 Å². The smallest absolute Gasteiger partial charge is 0.236 e. The Morgan fingerprint density at radius 3 is 3.00 bits per heavy atom. The van der Waals surface area contributed by atoms with Gasteiger partial charge in [0.25, 0.3) is 0 Å². The molecule has 0 atom stereocenters. The highest BCUT2D eigenvalue weighted by Crippen LogP contribution is 2.18. The minimum Gasteiger partial charge on any atom is -0.384 e. The molecule has 2 aromatic heterocycles. The second kappa shape index (κ2) is 5.65. The number of hydrogen-bond acceptors (Lipinski definition) is 6. The minimum atomic E-state index is -0.0817. The van der Waals surface area contributed by atoms with Crippen molar-refractivity contribution in [1.29, 1.82) is 0 Å². The summed E-state index contributed by atoms with van der Waals surface area (Å²) in [5, 5.41) is 5.13. The molecule has 0 bridgehead atoms. The topological polar surface area (TPSA) is 80.9 Å². The van der Waals surface area contributed by atoms with Gasteiger partial charge >= 0.3 is 0 Å². The summed E-state index contributed by atoms with van der Waals surface area (Å²) in [6, 6.07) is 3.55. The molecular formula is C10H10N4OS2. The summed E-state index contributed by atoms with van der Waals surface area (Å²) < 4.78 is 0. The maximum Gasteiger partial charge on any atom is 0.236 e. The predicted octanol–water partition coefficient (Wildman–Crippen LogP) is 1.85. The average molecular weight is 266 g/mol. The van der Waals surface area contributed by atoms with E-state index >= 15 is 0 Å². The van der Waals surface area contributed by atoms with Crippen LogP contribution in [0.25, 0.3) is 0 Å². The van der Waals surface area contributed by atoms with Crippen LogP contribution in [0.5, 0.6) is 0 Å². The fraction of sp³-hybridized carbons (Fsp3) is 0.100. The van der Waals surface area contributed by atoms with Crippen molar-refractivity contribution in [1.82, 2.24) is 9.97 Å². The molecule has 1 amide bonds. The molecule has 0 aromatic carbocycles. The van der Waals surface area contributed by atoms with Crippen molar-refractivity contribution >= 4 is 40.0 Å². The summed E-state index contributed by atoms with van der Waals surface area (Å²) in [7, 11) is 0. The largest absolute Gasteiger partial charge is 0.384 e. The van der Waals surface area contributed by atoms with Gasteiger partial charge < -0.3 is 11.1 Å². The van der Waals surface area contributed by atoms with Gasteiger partial charge in [-0.25, -0.2) is 9.97 Å². The zero-order valence-electron chi connectivity index (χ0n) is 8.79.